The lowest BCUT2D eigenvalue weighted by Crippen LogP contribution is -2.32. The summed E-state index contributed by atoms with van der Waals surface area (Å²) in [6, 6.07) is 7.65. The van der Waals surface area contributed by atoms with Crippen LogP contribution < -0.4 is 5.32 Å². The fourth-order valence-electron chi connectivity index (χ4n) is 1.23. The van der Waals surface area contributed by atoms with Gasteiger partial charge in [-0.05, 0) is 48.8 Å². The van der Waals surface area contributed by atoms with E-state index >= 15 is 0 Å². The normalized spacial score (nSPS) is 12.5. The maximum Gasteiger partial charge on any atom is 0.156 e. The zero-order chi connectivity index (χ0) is 13.1. The van der Waals surface area contributed by atoms with Crippen LogP contribution in [0.5, 0.6) is 0 Å². The summed E-state index contributed by atoms with van der Waals surface area (Å²) in [5.74, 6) is 0.137. The fraction of sp³-hybridized carbons (Fsp3) is 0.500. The zero-order valence-corrected chi connectivity index (χ0v) is 12.7. The Morgan fingerprint density at radius 2 is 1.82 bits per heavy atom. The van der Waals surface area contributed by atoms with Gasteiger partial charge >= 0.3 is 0 Å². The summed E-state index contributed by atoms with van der Waals surface area (Å²) in [6.45, 7) is 5.59. The Hall–Kier alpha value is -0.550. The minimum Gasteiger partial charge on any atom is -0.383 e. The average Bonchev–Trinajstić information content (AvgIpc) is 2.19. The first-order valence-corrected chi connectivity index (χ1v) is 7.89. The molecule has 17 heavy (non-hydrogen) atoms. The molecule has 0 unspecified atom stereocenters. The number of para-hydroxylation sites is 1. The van der Waals surface area contributed by atoms with E-state index in [-0.39, 0.29) is 5.75 Å². The van der Waals surface area contributed by atoms with Crippen molar-refractivity contribution in [2.45, 2.75) is 25.5 Å². The third kappa shape index (κ3) is 4.00. The van der Waals surface area contributed by atoms with Gasteiger partial charge in [0.1, 0.15) is 0 Å². The Bertz CT molecular complexity index is 478. The van der Waals surface area contributed by atoms with Crippen LogP contribution in [-0.4, -0.2) is 25.5 Å². The van der Waals surface area contributed by atoms with E-state index in [9.17, 15) is 8.42 Å². The fourth-order valence-corrected chi connectivity index (χ4v) is 2.64. The number of halogens is 1. The predicted octanol–water partition coefficient (Wildman–Crippen LogP) is 3.07. The molecule has 3 nitrogen and oxygen atoms in total. The predicted molar refractivity (Wildman–Crippen MR) is 76.2 cm³/mol. The lowest BCUT2D eigenvalue weighted by molar-refractivity contribution is 0.560. The van der Waals surface area contributed by atoms with Gasteiger partial charge in [-0.15, -0.1) is 0 Å². The highest BCUT2D eigenvalue weighted by Gasteiger charge is 2.28. The van der Waals surface area contributed by atoms with Crippen molar-refractivity contribution < 1.29 is 8.42 Å². The summed E-state index contributed by atoms with van der Waals surface area (Å²) in [5, 5.41) is 3.12. The molecule has 0 aromatic heterocycles. The quantitative estimate of drug-likeness (QED) is 0.927. The van der Waals surface area contributed by atoms with Gasteiger partial charge in [-0.2, -0.15) is 0 Å². The van der Waals surface area contributed by atoms with E-state index in [0.717, 1.165) is 10.2 Å². The Morgan fingerprint density at radius 3 is 2.35 bits per heavy atom. The standard InChI is InChI=1S/C12H18BrNO2S/c1-12(2,3)17(15,16)9-8-14-11-7-5-4-6-10(11)13/h4-7,14H,8-9H2,1-3H3. The summed E-state index contributed by atoms with van der Waals surface area (Å²) < 4.78 is 24.0. The van der Waals surface area contributed by atoms with E-state index < -0.39 is 14.6 Å². The summed E-state index contributed by atoms with van der Waals surface area (Å²) in [6.07, 6.45) is 0. The molecule has 1 N–H and O–H groups in total. The number of benzene rings is 1. The van der Waals surface area contributed by atoms with Crippen molar-refractivity contribution in [3.63, 3.8) is 0 Å². The summed E-state index contributed by atoms with van der Waals surface area (Å²) >= 11 is 3.40. The molecule has 1 rings (SSSR count). The van der Waals surface area contributed by atoms with Crippen LogP contribution in [0, 0.1) is 0 Å². The maximum absolute atomic E-state index is 11.9. The first-order chi connectivity index (χ1) is 7.74. The molecule has 0 bridgehead atoms. The van der Waals surface area contributed by atoms with Crippen LogP contribution in [0.2, 0.25) is 0 Å². The molecule has 0 saturated heterocycles. The highest BCUT2D eigenvalue weighted by molar-refractivity contribution is 9.10. The molecule has 1 aromatic carbocycles. The molecule has 0 heterocycles. The van der Waals surface area contributed by atoms with Crippen molar-refractivity contribution in [2.75, 3.05) is 17.6 Å². The molecule has 1 aromatic rings. The highest BCUT2D eigenvalue weighted by Crippen LogP contribution is 2.21. The summed E-state index contributed by atoms with van der Waals surface area (Å²) in [7, 11) is -3.06. The average molecular weight is 320 g/mol. The van der Waals surface area contributed by atoms with E-state index in [1.54, 1.807) is 20.8 Å². The van der Waals surface area contributed by atoms with E-state index in [1.165, 1.54) is 0 Å². The Balaban J connectivity index is 2.58. The number of anilines is 1. The van der Waals surface area contributed by atoms with Gasteiger partial charge in [-0.3, -0.25) is 0 Å². The number of sulfone groups is 1. The van der Waals surface area contributed by atoms with Gasteiger partial charge in [0, 0.05) is 16.7 Å². The second kappa shape index (κ2) is 5.40. The molecule has 0 aliphatic heterocycles. The van der Waals surface area contributed by atoms with Crippen LogP contribution >= 0.6 is 15.9 Å². The van der Waals surface area contributed by atoms with Gasteiger partial charge < -0.3 is 5.32 Å². The smallest absolute Gasteiger partial charge is 0.156 e. The molecule has 96 valence electrons. The first-order valence-electron chi connectivity index (χ1n) is 5.45. The van der Waals surface area contributed by atoms with Gasteiger partial charge in [0.05, 0.1) is 10.5 Å². The molecular weight excluding hydrogens is 302 g/mol. The third-order valence-electron chi connectivity index (χ3n) is 2.49. The number of hydrogen-bond acceptors (Lipinski definition) is 3. The molecular formula is C12H18BrNO2S. The monoisotopic (exact) mass is 319 g/mol. The Morgan fingerprint density at radius 1 is 1.24 bits per heavy atom. The van der Waals surface area contributed by atoms with E-state index in [1.807, 2.05) is 24.3 Å². The van der Waals surface area contributed by atoms with Crippen molar-refractivity contribution in [1.82, 2.24) is 0 Å². The van der Waals surface area contributed by atoms with Crippen LogP contribution in [0.15, 0.2) is 28.7 Å². The van der Waals surface area contributed by atoms with E-state index in [4.69, 9.17) is 0 Å². The largest absolute Gasteiger partial charge is 0.383 e. The van der Waals surface area contributed by atoms with Crippen molar-refractivity contribution in [3.05, 3.63) is 28.7 Å². The maximum atomic E-state index is 11.9. The van der Waals surface area contributed by atoms with E-state index in [2.05, 4.69) is 21.2 Å². The summed E-state index contributed by atoms with van der Waals surface area (Å²) in [5.41, 5.74) is 0.914. The topological polar surface area (TPSA) is 46.2 Å². The van der Waals surface area contributed by atoms with Crippen molar-refractivity contribution in [1.29, 1.82) is 0 Å². The third-order valence-corrected chi connectivity index (χ3v) is 5.79. The van der Waals surface area contributed by atoms with Crippen molar-refractivity contribution in [2.24, 2.45) is 0 Å². The van der Waals surface area contributed by atoms with Gasteiger partial charge in [-0.1, -0.05) is 12.1 Å². The summed E-state index contributed by atoms with van der Waals surface area (Å²) in [4.78, 5) is 0. The molecule has 0 fully saturated rings. The second-order valence-corrected chi connectivity index (χ2v) is 8.55. The molecule has 0 radical (unpaired) electrons. The molecule has 0 spiro atoms. The van der Waals surface area contributed by atoms with Crippen LogP contribution in [0.1, 0.15) is 20.8 Å². The minimum atomic E-state index is -3.06. The zero-order valence-electron chi connectivity index (χ0n) is 10.3. The Kier molecular flexibility index (Phi) is 4.61. The molecule has 0 aliphatic rings. The van der Waals surface area contributed by atoms with Gasteiger partial charge in [-0.25, -0.2) is 8.42 Å². The number of nitrogens with one attached hydrogen (secondary N) is 1. The Labute approximate surface area is 112 Å². The van der Waals surface area contributed by atoms with Crippen LogP contribution in [0.3, 0.4) is 0 Å². The number of hydrogen-bond donors (Lipinski definition) is 1. The number of rotatable bonds is 4. The van der Waals surface area contributed by atoms with Crippen LogP contribution in [0.4, 0.5) is 5.69 Å². The lowest BCUT2D eigenvalue weighted by Gasteiger charge is -2.19. The van der Waals surface area contributed by atoms with Crippen LogP contribution in [-0.2, 0) is 9.84 Å². The molecule has 0 aliphatic carbocycles. The molecule has 0 saturated carbocycles. The molecule has 5 heteroatoms. The van der Waals surface area contributed by atoms with Gasteiger partial charge in [0.25, 0.3) is 0 Å². The SMILES string of the molecule is CC(C)(C)S(=O)(=O)CCNc1ccccc1Br. The second-order valence-electron chi connectivity index (χ2n) is 4.84. The van der Waals surface area contributed by atoms with E-state index in [0.29, 0.717) is 6.54 Å². The van der Waals surface area contributed by atoms with Gasteiger partial charge in [0.15, 0.2) is 9.84 Å². The van der Waals surface area contributed by atoms with Gasteiger partial charge in [0.2, 0.25) is 0 Å². The first kappa shape index (κ1) is 14.5. The van der Waals surface area contributed by atoms with Crippen LogP contribution in [0.25, 0.3) is 0 Å². The van der Waals surface area contributed by atoms with Crippen molar-refractivity contribution >= 4 is 31.5 Å². The van der Waals surface area contributed by atoms with Crippen molar-refractivity contribution in [3.8, 4) is 0 Å². The molecule has 0 amide bonds. The lowest BCUT2D eigenvalue weighted by atomic mass is 10.3. The molecule has 0 atom stereocenters. The minimum absolute atomic E-state index is 0.137. The highest BCUT2D eigenvalue weighted by atomic mass is 79.9.